The highest BCUT2D eigenvalue weighted by Gasteiger charge is 2.16. The monoisotopic (exact) mass is 446 g/mol. The molecule has 1 amide bonds. The number of benzene rings is 2. The van der Waals surface area contributed by atoms with Gasteiger partial charge in [-0.15, -0.1) is 22.9 Å². The molecule has 0 aliphatic rings. The van der Waals surface area contributed by atoms with Crippen molar-refractivity contribution in [2.24, 2.45) is 0 Å². The molecule has 0 saturated carbocycles. The molecule has 9 heteroatoms. The lowest BCUT2D eigenvalue weighted by atomic mass is 10.1. The van der Waals surface area contributed by atoms with Crippen LogP contribution in [0, 0.1) is 5.82 Å². The molecule has 0 bridgehead atoms. The predicted octanol–water partition coefficient (Wildman–Crippen LogP) is 5.63. The van der Waals surface area contributed by atoms with Gasteiger partial charge in [-0.05, 0) is 36.4 Å². The van der Waals surface area contributed by atoms with E-state index in [2.05, 4.69) is 15.4 Å². The Labute approximate surface area is 179 Å². The number of alkyl halides is 1. The number of halogens is 3. The molecule has 1 N–H and O–H groups in total. The average molecular weight is 447 g/mol. The van der Waals surface area contributed by atoms with E-state index in [1.807, 2.05) is 17.5 Å². The first-order valence-corrected chi connectivity index (χ1v) is 10.3. The fourth-order valence-electron chi connectivity index (χ4n) is 2.67. The second-order valence-corrected chi connectivity index (χ2v) is 7.58. The van der Waals surface area contributed by atoms with Crippen LogP contribution in [-0.2, 0) is 4.79 Å². The molecule has 0 saturated heterocycles. The lowest BCUT2D eigenvalue weighted by molar-refractivity contribution is -0.114. The van der Waals surface area contributed by atoms with Crippen LogP contribution in [0.1, 0.15) is 0 Å². The highest BCUT2D eigenvalue weighted by molar-refractivity contribution is 7.12. The summed E-state index contributed by atoms with van der Waals surface area (Å²) >= 11 is 13.0. The number of amides is 1. The summed E-state index contributed by atoms with van der Waals surface area (Å²) in [5.74, 6) is -0.401. The number of hydrogen-bond donors (Lipinski definition) is 1. The normalized spacial score (nSPS) is 10.9. The molecule has 0 radical (unpaired) electrons. The second-order valence-electron chi connectivity index (χ2n) is 6.04. The van der Waals surface area contributed by atoms with Crippen LogP contribution in [0.25, 0.3) is 27.6 Å². The topological polar surface area (TPSA) is 59.8 Å². The van der Waals surface area contributed by atoms with Crippen molar-refractivity contribution in [2.75, 3.05) is 11.2 Å². The molecule has 2 aromatic heterocycles. The molecule has 0 fully saturated rings. The summed E-state index contributed by atoms with van der Waals surface area (Å²) in [6, 6.07) is 15.0. The number of rotatable bonds is 5. The molecule has 4 rings (SSSR count). The van der Waals surface area contributed by atoms with Crippen molar-refractivity contribution in [1.82, 2.24) is 14.8 Å². The number of carbonyl (C=O) groups is 1. The smallest absolute Gasteiger partial charge is 0.240 e. The molecule has 2 heterocycles. The van der Waals surface area contributed by atoms with E-state index in [1.165, 1.54) is 23.5 Å². The van der Waals surface area contributed by atoms with E-state index in [-0.39, 0.29) is 17.6 Å². The van der Waals surface area contributed by atoms with Crippen LogP contribution in [0.15, 0.2) is 60.0 Å². The Morgan fingerprint density at radius 2 is 1.72 bits per heavy atom. The Balaban J connectivity index is 1.74. The van der Waals surface area contributed by atoms with Gasteiger partial charge in [0.1, 0.15) is 17.5 Å². The summed E-state index contributed by atoms with van der Waals surface area (Å²) in [6.45, 7) is 0. The van der Waals surface area contributed by atoms with Crippen LogP contribution in [-0.4, -0.2) is 26.6 Å². The van der Waals surface area contributed by atoms with E-state index < -0.39 is 0 Å². The molecule has 5 nitrogen and oxygen atoms in total. The third kappa shape index (κ3) is 4.32. The Morgan fingerprint density at radius 1 is 1.07 bits per heavy atom. The van der Waals surface area contributed by atoms with Crippen LogP contribution in [0.4, 0.5) is 10.2 Å². The Bertz CT molecular complexity index is 1160. The molecule has 0 unspecified atom stereocenters. The van der Waals surface area contributed by atoms with Crippen LogP contribution in [0.3, 0.4) is 0 Å². The zero-order valence-electron chi connectivity index (χ0n) is 14.8. The van der Waals surface area contributed by atoms with E-state index in [4.69, 9.17) is 23.2 Å². The van der Waals surface area contributed by atoms with Crippen molar-refractivity contribution < 1.29 is 9.18 Å². The van der Waals surface area contributed by atoms with Gasteiger partial charge in [-0.2, -0.15) is 9.78 Å². The standard InChI is InChI=1S/C20H13Cl2FN4OS/c21-10-19(28)25-18-9-16(12-1-5-14(22)6-2-12)26-27(18)20-24-17(11-29-20)13-3-7-15(23)8-4-13/h1-9,11H,10H2,(H,25,28). The summed E-state index contributed by atoms with van der Waals surface area (Å²) in [6.07, 6.45) is 0. The van der Waals surface area contributed by atoms with Crippen LogP contribution in [0.5, 0.6) is 0 Å². The molecule has 29 heavy (non-hydrogen) atoms. The molecule has 0 aliphatic heterocycles. The van der Waals surface area contributed by atoms with Gasteiger partial charge in [0.15, 0.2) is 0 Å². The molecular formula is C20H13Cl2FN4OS. The summed E-state index contributed by atoms with van der Waals surface area (Å²) in [5.41, 5.74) is 2.95. The fraction of sp³-hybridized carbons (Fsp3) is 0.0500. The first-order chi connectivity index (χ1) is 14.0. The Hall–Kier alpha value is -2.74. The van der Waals surface area contributed by atoms with Gasteiger partial charge in [0.05, 0.1) is 11.4 Å². The summed E-state index contributed by atoms with van der Waals surface area (Å²) < 4.78 is 14.7. The predicted molar refractivity (Wildman–Crippen MR) is 114 cm³/mol. The first kappa shape index (κ1) is 19.6. The summed E-state index contributed by atoms with van der Waals surface area (Å²) in [7, 11) is 0. The van der Waals surface area contributed by atoms with Crippen LogP contribution < -0.4 is 5.32 Å². The van der Waals surface area contributed by atoms with E-state index in [0.717, 1.165) is 11.1 Å². The van der Waals surface area contributed by atoms with Gasteiger partial charge in [-0.25, -0.2) is 9.37 Å². The minimum Gasteiger partial charge on any atom is -0.309 e. The molecule has 0 aliphatic carbocycles. The largest absolute Gasteiger partial charge is 0.309 e. The van der Waals surface area contributed by atoms with E-state index in [9.17, 15) is 9.18 Å². The molecule has 0 spiro atoms. The van der Waals surface area contributed by atoms with Crippen molar-refractivity contribution in [1.29, 1.82) is 0 Å². The minimum absolute atomic E-state index is 0.180. The lowest BCUT2D eigenvalue weighted by Gasteiger charge is -2.04. The number of anilines is 1. The molecule has 2 aromatic carbocycles. The van der Waals surface area contributed by atoms with Gasteiger partial charge in [0.25, 0.3) is 0 Å². The van der Waals surface area contributed by atoms with Crippen molar-refractivity contribution in [3.8, 4) is 27.6 Å². The van der Waals surface area contributed by atoms with Gasteiger partial charge in [-0.1, -0.05) is 23.7 Å². The Kier molecular flexibility index (Phi) is 5.62. The van der Waals surface area contributed by atoms with Gasteiger partial charge in [-0.3, -0.25) is 4.79 Å². The van der Waals surface area contributed by atoms with Crippen molar-refractivity contribution in [3.05, 3.63) is 70.8 Å². The SMILES string of the molecule is O=C(CCl)Nc1cc(-c2ccc(Cl)cc2)nn1-c1nc(-c2ccc(F)cc2)cs1. The van der Waals surface area contributed by atoms with Gasteiger partial charge >= 0.3 is 0 Å². The maximum atomic E-state index is 13.2. The minimum atomic E-state index is -0.356. The number of hydrogen-bond acceptors (Lipinski definition) is 4. The maximum Gasteiger partial charge on any atom is 0.240 e. The molecular weight excluding hydrogens is 434 g/mol. The Morgan fingerprint density at radius 3 is 2.41 bits per heavy atom. The zero-order valence-corrected chi connectivity index (χ0v) is 17.1. The summed E-state index contributed by atoms with van der Waals surface area (Å²) in [5, 5.41) is 10.3. The van der Waals surface area contributed by atoms with Crippen molar-refractivity contribution in [2.45, 2.75) is 0 Å². The van der Waals surface area contributed by atoms with Crippen molar-refractivity contribution in [3.63, 3.8) is 0 Å². The fourth-order valence-corrected chi connectivity index (χ4v) is 3.66. The third-order valence-electron chi connectivity index (χ3n) is 4.05. The number of nitrogens with one attached hydrogen (secondary N) is 1. The highest BCUT2D eigenvalue weighted by atomic mass is 35.5. The molecule has 0 atom stereocenters. The van der Waals surface area contributed by atoms with Gasteiger partial charge in [0, 0.05) is 27.6 Å². The quantitative estimate of drug-likeness (QED) is 0.404. The van der Waals surface area contributed by atoms with Crippen molar-refractivity contribution >= 4 is 46.3 Å². The van der Waals surface area contributed by atoms with E-state index >= 15 is 0 Å². The highest BCUT2D eigenvalue weighted by Crippen LogP contribution is 2.29. The van der Waals surface area contributed by atoms with Crippen LogP contribution in [0.2, 0.25) is 5.02 Å². The molecule has 4 aromatic rings. The third-order valence-corrected chi connectivity index (χ3v) is 5.36. The number of nitrogens with zero attached hydrogens (tertiary/aromatic N) is 3. The van der Waals surface area contributed by atoms with Gasteiger partial charge < -0.3 is 5.32 Å². The van der Waals surface area contributed by atoms with E-state index in [1.54, 1.807) is 35.0 Å². The maximum absolute atomic E-state index is 13.2. The first-order valence-electron chi connectivity index (χ1n) is 8.47. The lowest BCUT2D eigenvalue weighted by Crippen LogP contribution is -2.15. The van der Waals surface area contributed by atoms with Gasteiger partial charge in [0.2, 0.25) is 11.0 Å². The number of thiazole rings is 1. The summed E-state index contributed by atoms with van der Waals surface area (Å²) in [4.78, 5) is 16.4. The number of aromatic nitrogens is 3. The van der Waals surface area contributed by atoms with Crippen LogP contribution >= 0.6 is 34.5 Å². The average Bonchev–Trinajstić information content (AvgIpc) is 3.36. The molecule has 146 valence electrons. The zero-order chi connectivity index (χ0) is 20.4. The number of carbonyl (C=O) groups excluding carboxylic acids is 1. The second kappa shape index (κ2) is 8.32. The van der Waals surface area contributed by atoms with E-state index in [0.29, 0.717) is 27.4 Å².